The van der Waals surface area contributed by atoms with Crippen LogP contribution in [-0.2, 0) is 4.74 Å². The normalized spacial score (nSPS) is 21.0. The van der Waals surface area contributed by atoms with E-state index in [2.05, 4.69) is 4.57 Å². The van der Waals surface area contributed by atoms with E-state index < -0.39 is 5.97 Å². The summed E-state index contributed by atoms with van der Waals surface area (Å²) >= 11 is 0. The van der Waals surface area contributed by atoms with E-state index in [0.717, 1.165) is 30.8 Å². The minimum Gasteiger partial charge on any atom is -0.478 e. The summed E-state index contributed by atoms with van der Waals surface area (Å²) in [6.45, 7) is 5.33. The number of rotatable bonds is 2. The quantitative estimate of drug-likeness (QED) is 0.835. The molecule has 1 unspecified atom stereocenters. The first-order valence-electron chi connectivity index (χ1n) is 5.60. The van der Waals surface area contributed by atoms with Gasteiger partial charge in [-0.25, -0.2) is 4.79 Å². The van der Waals surface area contributed by atoms with Crippen molar-refractivity contribution >= 4 is 5.97 Å². The molecule has 1 aromatic rings. The van der Waals surface area contributed by atoms with Gasteiger partial charge in [0.1, 0.15) is 0 Å². The summed E-state index contributed by atoms with van der Waals surface area (Å²) in [7, 11) is 0. The van der Waals surface area contributed by atoms with Crippen LogP contribution in [0.4, 0.5) is 0 Å². The summed E-state index contributed by atoms with van der Waals surface area (Å²) in [6, 6.07) is 2.04. The highest BCUT2D eigenvalue weighted by Crippen LogP contribution is 2.26. The maximum absolute atomic E-state index is 11.0. The van der Waals surface area contributed by atoms with Crippen molar-refractivity contribution in [3.05, 3.63) is 23.0 Å². The molecule has 1 aliphatic heterocycles. The number of aromatic nitrogens is 1. The zero-order valence-electron chi connectivity index (χ0n) is 9.69. The van der Waals surface area contributed by atoms with Gasteiger partial charge in [-0.2, -0.15) is 0 Å². The Morgan fingerprint density at radius 1 is 1.56 bits per heavy atom. The summed E-state index contributed by atoms with van der Waals surface area (Å²) in [5.41, 5.74) is 2.24. The molecule has 1 atom stereocenters. The van der Waals surface area contributed by atoms with E-state index in [1.807, 2.05) is 13.8 Å². The molecule has 1 N–H and O–H groups in total. The molecule has 0 amide bonds. The largest absolute Gasteiger partial charge is 0.478 e. The average molecular weight is 223 g/mol. The van der Waals surface area contributed by atoms with Gasteiger partial charge in [-0.15, -0.1) is 0 Å². The Hall–Kier alpha value is -1.29. The van der Waals surface area contributed by atoms with Crippen LogP contribution in [0.1, 0.15) is 40.6 Å². The predicted molar refractivity (Wildman–Crippen MR) is 60.0 cm³/mol. The van der Waals surface area contributed by atoms with Crippen molar-refractivity contribution in [1.82, 2.24) is 4.57 Å². The third kappa shape index (κ3) is 1.85. The van der Waals surface area contributed by atoms with Crippen LogP contribution in [-0.4, -0.2) is 28.9 Å². The van der Waals surface area contributed by atoms with E-state index in [4.69, 9.17) is 9.84 Å². The highest BCUT2D eigenvalue weighted by atomic mass is 16.5. The Bertz CT molecular complexity index is 403. The van der Waals surface area contributed by atoms with Gasteiger partial charge in [-0.3, -0.25) is 0 Å². The summed E-state index contributed by atoms with van der Waals surface area (Å²) in [4.78, 5) is 11.0. The SMILES string of the molecule is Cc1cc(C(=O)O)c(C)n1C1CCCOC1. The molecule has 1 fully saturated rings. The van der Waals surface area contributed by atoms with Gasteiger partial charge < -0.3 is 14.4 Å². The van der Waals surface area contributed by atoms with E-state index in [1.54, 1.807) is 6.07 Å². The molecule has 1 aromatic heterocycles. The third-order valence-corrected chi connectivity index (χ3v) is 3.22. The summed E-state index contributed by atoms with van der Waals surface area (Å²) in [5, 5.41) is 9.06. The van der Waals surface area contributed by atoms with Crippen molar-refractivity contribution < 1.29 is 14.6 Å². The molecule has 88 valence electrons. The fourth-order valence-electron chi connectivity index (χ4n) is 2.48. The van der Waals surface area contributed by atoms with Crippen molar-refractivity contribution in [1.29, 1.82) is 0 Å². The van der Waals surface area contributed by atoms with Crippen molar-refractivity contribution in [2.24, 2.45) is 0 Å². The second-order valence-corrected chi connectivity index (χ2v) is 4.33. The molecule has 4 heteroatoms. The van der Waals surface area contributed by atoms with Gasteiger partial charge in [-0.05, 0) is 32.8 Å². The lowest BCUT2D eigenvalue weighted by Gasteiger charge is -2.26. The number of ether oxygens (including phenoxy) is 1. The third-order valence-electron chi connectivity index (χ3n) is 3.22. The number of aromatic carboxylic acids is 1. The van der Waals surface area contributed by atoms with Gasteiger partial charge in [0.2, 0.25) is 0 Å². The Morgan fingerprint density at radius 2 is 2.31 bits per heavy atom. The smallest absolute Gasteiger partial charge is 0.337 e. The number of hydrogen-bond acceptors (Lipinski definition) is 2. The topological polar surface area (TPSA) is 51.5 Å². The second kappa shape index (κ2) is 4.29. The van der Waals surface area contributed by atoms with E-state index in [0.29, 0.717) is 18.2 Å². The van der Waals surface area contributed by atoms with Crippen LogP contribution in [0.15, 0.2) is 6.07 Å². The number of nitrogens with zero attached hydrogens (tertiary/aromatic N) is 1. The van der Waals surface area contributed by atoms with E-state index in [1.165, 1.54) is 0 Å². The predicted octanol–water partition coefficient (Wildman–Crippen LogP) is 2.15. The number of carboxylic acids is 1. The molecule has 2 rings (SSSR count). The Balaban J connectivity index is 2.36. The van der Waals surface area contributed by atoms with Crippen LogP contribution in [0, 0.1) is 13.8 Å². The standard InChI is InChI=1S/C12H17NO3/c1-8-6-11(12(14)15)9(2)13(8)10-4-3-5-16-7-10/h6,10H,3-5,7H2,1-2H3,(H,14,15). The maximum atomic E-state index is 11.0. The maximum Gasteiger partial charge on any atom is 0.337 e. The second-order valence-electron chi connectivity index (χ2n) is 4.33. The molecule has 0 aliphatic carbocycles. The average Bonchev–Trinajstić information content (AvgIpc) is 2.56. The van der Waals surface area contributed by atoms with E-state index in [9.17, 15) is 4.79 Å². The molecule has 0 bridgehead atoms. The Kier molecular flexibility index (Phi) is 3.01. The number of hydrogen-bond donors (Lipinski definition) is 1. The van der Waals surface area contributed by atoms with Gasteiger partial charge in [-0.1, -0.05) is 0 Å². The van der Waals surface area contributed by atoms with Gasteiger partial charge >= 0.3 is 5.97 Å². The first-order valence-corrected chi connectivity index (χ1v) is 5.60. The highest BCUT2D eigenvalue weighted by molar-refractivity contribution is 5.89. The van der Waals surface area contributed by atoms with Crippen molar-refractivity contribution in [2.45, 2.75) is 32.7 Å². The molecular weight excluding hydrogens is 206 g/mol. The first kappa shape index (κ1) is 11.2. The number of aryl methyl sites for hydroxylation is 1. The van der Waals surface area contributed by atoms with Gasteiger partial charge in [0.15, 0.2) is 0 Å². The van der Waals surface area contributed by atoms with Gasteiger partial charge in [0.05, 0.1) is 18.2 Å². The molecule has 1 aliphatic rings. The molecule has 0 aromatic carbocycles. The van der Waals surface area contributed by atoms with Crippen LogP contribution in [0.5, 0.6) is 0 Å². The van der Waals surface area contributed by atoms with Crippen molar-refractivity contribution in [2.75, 3.05) is 13.2 Å². The number of carboxylic acid groups (broad SMARTS) is 1. The molecule has 2 heterocycles. The van der Waals surface area contributed by atoms with Crippen molar-refractivity contribution in [3.8, 4) is 0 Å². The zero-order valence-corrected chi connectivity index (χ0v) is 9.69. The molecule has 1 saturated heterocycles. The lowest BCUT2D eigenvalue weighted by atomic mass is 10.1. The van der Waals surface area contributed by atoms with E-state index >= 15 is 0 Å². The molecule has 16 heavy (non-hydrogen) atoms. The van der Waals surface area contributed by atoms with Crippen molar-refractivity contribution in [3.63, 3.8) is 0 Å². The monoisotopic (exact) mass is 223 g/mol. The lowest BCUT2D eigenvalue weighted by Crippen LogP contribution is -2.23. The van der Waals surface area contributed by atoms with Crippen LogP contribution in [0.3, 0.4) is 0 Å². The molecule has 4 nitrogen and oxygen atoms in total. The molecule has 0 radical (unpaired) electrons. The molecule has 0 saturated carbocycles. The molecular formula is C12H17NO3. The van der Waals surface area contributed by atoms with Crippen LogP contribution >= 0.6 is 0 Å². The van der Waals surface area contributed by atoms with Gasteiger partial charge in [0.25, 0.3) is 0 Å². The number of carbonyl (C=O) groups is 1. The van der Waals surface area contributed by atoms with Crippen LogP contribution < -0.4 is 0 Å². The van der Waals surface area contributed by atoms with Gasteiger partial charge in [0, 0.05) is 18.0 Å². The minimum absolute atomic E-state index is 0.293. The highest BCUT2D eigenvalue weighted by Gasteiger charge is 2.22. The first-order chi connectivity index (χ1) is 7.61. The minimum atomic E-state index is -0.851. The van der Waals surface area contributed by atoms with Crippen LogP contribution in [0.2, 0.25) is 0 Å². The zero-order chi connectivity index (χ0) is 11.7. The fourth-order valence-corrected chi connectivity index (χ4v) is 2.48. The van der Waals surface area contributed by atoms with Crippen LogP contribution in [0.25, 0.3) is 0 Å². The molecule has 0 spiro atoms. The summed E-state index contributed by atoms with van der Waals surface area (Å²) in [6.07, 6.45) is 2.11. The van der Waals surface area contributed by atoms with E-state index in [-0.39, 0.29) is 0 Å². The fraction of sp³-hybridized carbons (Fsp3) is 0.583. The summed E-state index contributed by atoms with van der Waals surface area (Å²) < 4.78 is 7.55. The Morgan fingerprint density at radius 3 is 2.81 bits per heavy atom. The Labute approximate surface area is 94.8 Å². The lowest BCUT2D eigenvalue weighted by molar-refractivity contribution is 0.0576. The summed E-state index contributed by atoms with van der Waals surface area (Å²) in [5.74, 6) is -0.851.